The summed E-state index contributed by atoms with van der Waals surface area (Å²) >= 11 is 3.24. The van der Waals surface area contributed by atoms with Crippen molar-refractivity contribution in [3.8, 4) is 0 Å². The van der Waals surface area contributed by atoms with Crippen LogP contribution >= 0.6 is 15.9 Å². The van der Waals surface area contributed by atoms with Crippen molar-refractivity contribution in [3.63, 3.8) is 0 Å². The number of nitrogen functional groups attached to an aromatic ring is 1. The lowest BCUT2D eigenvalue weighted by atomic mass is 10.2. The minimum Gasteiger partial charge on any atom is -0.460 e. The zero-order valence-corrected chi connectivity index (χ0v) is 10.8. The van der Waals surface area contributed by atoms with Gasteiger partial charge in [0.15, 0.2) is 0 Å². The van der Waals surface area contributed by atoms with Crippen molar-refractivity contribution >= 4 is 27.6 Å². The monoisotopic (exact) mass is 303 g/mol. The number of nitrogens with two attached hydrogens (primary N) is 1. The molecule has 0 aliphatic rings. The minimum atomic E-state index is -0.461. The molecule has 0 saturated carbocycles. The van der Waals surface area contributed by atoms with E-state index in [2.05, 4.69) is 15.9 Å². The van der Waals surface area contributed by atoms with Gasteiger partial charge in [0.2, 0.25) is 0 Å². The molecule has 1 aromatic carbocycles. The number of carbonyl (C=O) groups is 1. The van der Waals surface area contributed by atoms with Gasteiger partial charge < -0.3 is 20.3 Å². The van der Waals surface area contributed by atoms with Crippen molar-refractivity contribution in [1.29, 1.82) is 0 Å². The van der Waals surface area contributed by atoms with Crippen LogP contribution in [0.1, 0.15) is 10.4 Å². The third-order valence-corrected chi connectivity index (χ3v) is 2.60. The van der Waals surface area contributed by atoms with Gasteiger partial charge in [0.25, 0.3) is 0 Å². The van der Waals surface area contributed by atoms with E-state index in [1.165, 1.54) is 0 Å². The second kappa shape index (κ2) is 7.26. The zero-order valence-electron chi connectivity index (χ0n) is 9.19. The predicted octanol–water partition coefficient (Wildman–Crippen LogP) is 1.20. The lowest BCUT2D eigenvalue weighted by Crippen LogP contribution is -2.12. The van der Waals surface area contributed by atoms with E-state index in [1.807, 2.05) is 0 Å². The van der Waals surface area contributed by atoms with Crippen molar-refractivity contribution in [2.75, 3.05) is 32.2 Å². The molecule has 0 aliphatic heterocycles. The van der Waals surface area contributed by atoms with Gasteiger partial charge in [-0.2, -0.15) is 0 Å². The molecule has 0 unspecified atom stereocenters. The van der Waals surface area contributed by atoms with E-state index in [0.717, 1.165) is 0 Å². The third kappa shape index (κ3) is 4.72. The fourth-order valence-electron chi connectivity index (χ4n) is 1.14. The zero-order chi connectivity index (χ0) is 12.7. The number of esters is 1. The molecule has 0 radical (unpaired) electrons. The Morgan fingerprint density at radius 2 is 2.12 bits per heavy atom. The maximum Gasteiger partial charge on any atom is 0.339 e. The van der Waals surface area contributed by atoms with E-state index in [0.29, 0.717) is 15.7 Å². The Labute approximate surface area is 108 Å². The van der Waals surface area contributed by atoms with Gasteiger partial charge in [0.05, 0.1) is 25.4 Å². The fraction of sp³-hybridized carbons (Fsp3) is 0.364. The summed E-state index contributed by atoms with van der Waals surface area (Å²) in [4.78, 5) is 11.6. The largest absolute Gasteiger partial charge is 0.460 e. The fourth-order valence-corrected chi connectivity index (χ4v) is 1.55. The molecular formula is C11H14BrNO4. The van der Waals surface area contributed by atoms with Crippen LogP contribution < -0.4 is 5.73 Å². The van der Waals surface area contributed by atoms with Crippen molar-refractivity contribution in [1.82, 2.24) is 0 Å². The molecule has 0 aliphatic carbocycles. The van der Waals surface area contributed by atoms with E-state index in [1.54, 1.807) is 18.2 Å². The topological polar surface area (TPSA) is 81.8 Å². The first-order chi connectivity index (χ1) is 8.15. The molecular weight excluding hydrogens is 290 g/mol. The van der Waals surface area contributed by atoms with Crippen LogP contribution in [0.15, 0.2) is 22.7 Å². The van der Waals surface area contributed by atoms with Gasteiger partial charge in [-0.1, -0.05) is 0 Å². The van der Waals surface area contributed by atoms with E-state index in [9.17, 15) is 4.79 Å². The van der Waals surface area contributed by atoms with Crippen molar-refractivity contribution < 1.29 is 19.4 Å². The highest BCUT2D eigenvalue weighted by Crippen LogP contribution is 2.20. The normalized spacial score (nSPS) is 10.2. The Morgan fingerprint density at radius 1 is 1.35 bits per heavy atom. The second-order valence-electron chi connectivity index (χ2n) is 3.21. The highest BCUT2D eigenvalue weighted by Gasteiger charge is 2.11. The standard InChI is InChI=1S/C11H14BrNO4/c12-10-2-1-8(13)7-9(10)11(15)17-6-5-16-4-3-14/h1-2,7,14H,3-6,13H2. The molecule has 17 heavy (non-hydrogen) atoms. The third-order valence-electron chi connectivity index (χ3n) is 1.91. The molecule has 1 aromatic rings. The highest BCUT2D eigenvalue weighted by molar-refractivity contribution is 9.10. The Hall–Kier alpha value is -1.11. The van der Waals surface area contributed by atoms with Crippen LogP contribution in [0.2, 0.25) is 0 Å². The summed E-state index contributed by atoms with van der Waals surface area (Å²) in [6.07, 6.45) is 0. The number of aliphatic hydroxyl groups excluding tert-OH is 1. The van der Waals surface area contributed by atoms with Crippen molar-refractivity contribution in [3.05, 3.63) is 28.2 Å². The summed E-state index contributed by atoms with van der Waals surface area (Å²) in [5, 5.41) is 8.47. The summed E-state index contributed by atoms with van der Waals surface area (Å²) in [5.74, 6) is -0.461. The van der Waals surface area contributed by atoms with Crippen LogP contribution in [0, 0.1) is 0 Å². The number of ether oxygens (including phenoxy) is 2. The second-order valence-corrected chi connectivity index (χ2v) is 4.07. The average molecular weight is 304 g/mol. The molecule has 0 heterocycles. The molecule has 0 bridgehead atoms. The summed E-state index contributed by atoms with van der Waals surface area (Å²) < 4.78 is 10.6. The first kappa shape index (κ1) is 14.0. The average Bonchev–Trinajstić information content (AvgIpc) is 2.32. The number of halogens is 1. The minimum absolute atomic E-state index is 0.0469. The molecule has 0 atom stereocenters. The highest BCUT2D eigenvalue weighted by atomic mass is 79.9. The SMILES string of the molecule is Nc1ccc(Br)c(C(=O)OCCOCCO)c1. The predicted molar refractivity (Wildman–Crippen MR) is 66.7 cm³/mol. The summed E-state index contributed by atoms with van der Waals surface area (Å²) in [7, 11) is 0. The summed E-state index contributed by atoms with van der Waals surface area (Å²) in [6, 6.07) is 4.92. The smallest absolute Gasteiger partial charge is 0.339 e. The molecule has 0 amide bonds. The Bertz CT molecular complexity index is 384. The van der Waals surface area contributed by atoms with Gasteiger partial charge in [-0.15, -0.1) is 0 Å². The number of hydrogen-bond acceptors (Lipinski definition) is 5. The van der Waals surface area contributed by atoms with E-state index in [-0.39, 0.29) is 26.4 Å². The van der Waals surface area contributed by atoms with Gasteiger partial charge in [-0.05, 0) is 34.1 Å². The molecule has 6 heteroatoms. The van der Waals surface area contributed by atoms with Gasteiger partial charge in [0.1, 0.15) is 6.61 Å². The molecule has 1 rings (SSSR count). The Kier molecular flexibility index (Phi) is 5.96. The molecule has 5 nitrogen and oxygen atoms in total. The van der Waals surface area contributed by atoms with Crippen LogP contribution in [-0.4, -0.2) is 37.5 Å². The van der Waals surface area contributed by atoms with E-state index in [4.69, 9.17) is 20.3 Å². The van der Waals surface area contributed by atoms with E-state index >= 15 is 0 Å². The number of carbonyl (C=O) groups excluding carboxylic acids is 1. The molecule has 0 saturated heterocycles. The quantitative estimate of drug-likeness (QED) is 0.469. The molecule has 0 aromatic heterocycles. The maximum atomic E-state index is 11.6. The number of hydrogen-bond donors (Lipinski definition) is 2. The first-order valence-corrected chi connectivity index (χ1v) is 5.85. The van der Waals surface area contributed by atoms with Crippen LogP contribution in [0.3, 0.4) is 0 Å². The van der Waals surface area contributed by atoms with Crippen molar-refractivity contribution in [2.45, 2.75) is 0 Å². The van der Waals surface area contributed by atoms with Crippen LogP contribution in [0.25, 0.3) is 0 Å². The van der Waals surface area contributed by atoms with Crippen LogP contribution in [0.5, 0.6) is 0 Å². The first-order valence-electron chi connectivity index (χ1n) is 5.06. The van der Waals surface area contributed by atoms with Crippen LogP contribution in [0.4, 0.5) is 5.69 Å². The Morgan fingerprint density at radius 3 is 2.82 bits per heavy atom. The summed E-state index contributed by atoms with van der Waals surface area (Å²) in [6.45, 7) is 0.584. The van der Waals surface area contributed by atoms with Gasteiger partial charge in [-0.3, -0.25) is 0 Å². The molecule has 94 valence electrons. The molecule has 3 N–H and O–H groups in total. The number of rotatable bonds is 6. The maximum absolute atomic E-state index is 11.6. The Balaban J connectivity index is 2.44. The summed E-state index contributed by atoms with van der Waals surface area (Å²) in [5.41, 5.74) is 6.46. The number of anilines is 1. The van der Waals surface area contributed by atoms with Gasteiger partial charge >= 0.3 is 5.97 Å². The van der Waals surface area contributed by atoms with Crippen LogP contribution in [-0.2, 0) is 9.47 Å². The number of aliphatic hydroxyl groups is 1. The molecule has 0 spiro atoms. The molecule has 0 fully saturated rings. The lowest BCUT2D eigenvalue weighted by molar-refractivity contribution is 0.0257. The lowest BCUT2D eigenvalue weighted by Gasteiger charge is -2.07. The van der Waals surface area contributed by atoms with Gasteiger partial charge in [0, 0.05) is 10.2 Å². The van der Waals surface area contributed by atoms with Crippen molar-refractivity contribution in [2.24, 2.45) is 0 Å². The number of benzene rings is 1. The van der Waals surface area contributed by atoms with Gasteiger partial charge in [-0.25, -0.2) is 4.79 Å². The van der Waals surface area contributed by atoms with E-state index < -0.39 is 5.97 Å².